The van der Waals surface area contributed by atoms with Gasteiger partial charge in [0.25, 0.3) is 0 Å². The average Bonchev–Trinajstić information content (AvgIpc) is 3.02. The largest absolute Gasteiger partial charge is 0.455 e. The van der Waals surface area contributed by atoms with E-state index in [1.54, 1.807) is 13.0 Å². The van der Waals surface area contributed by atoms with Crippen molar-refractivity contribution in [2.75, 3.05) is 17.1 Å². The molecule has 0 aliphatic carbocycles. The van der Waals surface area contributed by atoms with E-state index in [1.807, 2.05) is 0 Å². The molecule has 1 heterocycles. The Hall–Kier alpha value is -2.23. The average molecular weight is 498 g/mol. The number of hydrogen-bond donors (Lipinski definition) is 1. The van der Waals surface area contributed by atoms with Crippen molar-refractivity contribution in [3.8, 4) is 11.3 Å². The van der Waals surface area contributed by atoms with E-state index in [1.165, 1.54) is 37.3 Å². The van der Waals surface area contributed by atoms with Gasteiger partial charge in [0.2, 0.25) is 10.0 Å². The SMILES string of the molecule is CCC(=O)c1c(-c2ccc(F)cc2)oc2cc(N(CC(C)O)S(C)(=O)=O)c(Br)cc12. The summed E-state index contributed by atoms with van der Waals surface area (Å²) < 4.78 is 45.4. The number of furan rings is 1. The highest BCUT2D eigenvalue weighted by Gasteiger charge is 2.26. The Morgan fingerprint density at radius 3 is 2.43 bits per heavy atom. The van der Waals surface area contributed by atoms with Crippen molar-refractivity contribution in [2.45, 2.75) is 26.4 Å². The van der Waals surface area contributed by atoms with Gasteiger partial charge in [0.15, 0.2) is 5.78 Å². The first-order valence-corrected chi connectivity index (χ1v) is 11.9. The molecule has 0 aliphatic heterocycles. The Labute approximate surface area is 182 Å². The highest BCUT2D eigenvalue weighted by atomic mass is 79.9. The molecule has 3 rings (SSSR count). The van der Waals surface area contributed by atoms with Gasteiger partial charge >= 0.3 is 0 Å². The number of carbonyl (C=O) groups excluding carboxylic acids is 1. The van der Waals surface area contributed by atoms with Gasteiger partial charge in [-0.15, -0.1) is 0 Å². The number of aliphatic hydroxyl groups excluding tert-OH is 1. The molecular weight excluding hydrogens is 477 g/mol. The number of nitrogens with zero attached hydrogens (tertiary/aromatic N) is 1. The maximum Gasteiger partial charge on any atom is 0.232 e. The second kappa shape index (κ2) is 8.49. The molecule has 160 valence electrons. The van der Waals surface area contributed by atoms with Crippen LogP contribution < -0.4 is 4.31 Å². The minimum Gasteiger partial charge on any atom is -0.455 e. The van der Waals surface area contributed by atoms with E-state index in [9.17, 15) is 22.7 Å². The number of sulfonamides is 1. The highest BCUT2D eigenvalue weighted by molar-refractivity contribution is 9.10. The molecule has 3 aromatic rings. The molecule has 0 radical (unpaired) electrons. The molecule has 1 atom stereocenters. The van der Waals surface area contributed by atoms with Crippen LogP contribution in [0.3, 0.4) is 0 Å². The van der Waals surface area contributed by atoms with Crippen LogP contribution in [-0.2, 0) is 10.0 Å². The van der Waals surface area contributed by atoms with Gasteiger partial charge in [-0.3, -0.25) is 9.10 Å². The Morgan fingerprint density at radius 2 is 1.90 bits per heavy atom. The van der Waals surface area contributed by atoms with Crippen LogP contribution in [0.2, 0.25) is 0 Å². The first-order valence-electron chi connectivity index (χ1n) is 9.23. The molecule has 0 spiro atoms. The molecule has 0 bridgehead atoms. The summed E-state index contributed by atoms with van der Waals surface area (Å²) in [5.41, 5.74) is 1.48. The minimum absolute atomic E-state index is 0.144. The van der Waals surface area contributed by atoms with Crippen LogP contribution >= 0.6 is 15.9 Å². The quantitative estimate of drug-likeness (QED) is 0.476. The van der Waals surface area contributed by atoms with E-state index in [0.717, 1.165) is 10.6 Å². The lowest BCUT2D eigenvalue weighted by atomic mass is 10.0. The maximum atomic E-state index is 13.4. The fourth-order valence-electron chi connectivity index (χ4n) is 3.21. The Morgan fingerprint density at radius 1 is 1.27 bits per heavy atom. The van der Waals surface area contributed by atoms with Crippen molar-refractivity contribution in [1.82, 2.24) is 0 Å². The number of anilines is 1. The Kier molecular flexibility index (Phi) is 6.35. The lowest BCUT2D eigenvalue weighted by Gasteiger charge is -2.24. The molecule has 0 amide bonds. The van der Waals surface area contributed by atoms with Gasteiger partial charge in [0.05, 0.1) is 30.2 Å². The molecule has 0 saturated heterocycles. The van der Waals surface area contributed by atoms with Crippen molar-refractivity contribution in [2.24, 2.45) is 0 Å². The topological polar surface area (TPSA) is 87.8 Å². The van der Waals surface area contributed by atoms with Gasteiger partial charge in [-0.25, -0.2) is 12.8 Å². The molecule has 0 aliphatic rings. The van der Waals surface area contributed by atoms with Gasteiger partial charge in [-0.1, -0.05) is 6.92 Å². The van der Waals surface area contributed by atoms with E-state index < -0.39 is 21.9 Å². The lowest BCUT2D eigenvalue weighted by molar-refractivity contribution is 0.0989. The third kappa shape index (κ3) is 4.43. The summed E-state index contributed by atoms with van der Waals surface area (Å²) in [5.74, 6) is -0.274. The van der Waals surface area contributed by atoms with Crippen molar-refractivity contribution < 1.29 is 27.1 Å². The third-order valence-electron chi connectivity index (χ3n) is 4.56. The smallest absolute Gasteiger partial charge is 0.232 e. The van der Waals surface area contributed by atoms with E-state index >= 15 is 0 Å². The third-order valence-corrected chi connectivity index (χ3v) is 6.34. The van der Waals surface area contributed by atoms with Gasteiger partial charge in [-0.2, -0.15) is 0 Å². The number of ketones is 1. The number of carbonyl (C=O) groups is 1. The fraction of sp³-hybridized carbons (Fsp3) is 0.286. The number of benzene rings is 2. The predicted molar refractivity (Wildman–Crippen MR) is 118 cm³/mol. The summed E-state index contributed by atoms with van der Waals surface area (Å²) in [4.78, 5) is 12.7. The molecular formula is C21H21BrFNO5S. The monoisotopic (exact) mass is 497 g/mol. The number of Topliss-reactive ketones (excluding diaryl/α,β-unsaturated/α-hetero) is 1. The summed E-state index contributed by atoms with van der Waals surface area (Å²) >= 11 is 3.39. The van der Waals surface area contributed by atoms with Gasteiger partial charge in [0, 0.05) is 27.9 Å². The molecule has 1 unspecified atom stereocenters. The summed E-state index contributed by atoms with van der Waals surface area (Å²) in [5, 5.41) is 10.3. The molecule has 0 saturated carbocycles. The molecule has 1 aromatic heterocycles. The predicted octanol–water partition coefficient (Wildman–Crippen LogP) is 4.74. The van der Waals surface area contributed by atoms with Crippen molar-refractivity contribution >= 4 is 48.4 Å². The summed E-state index contributed by atoms with van der Waals surface area (Å²) in [6, 6.07) is 8.74. The van der Waals surface area contributed by atoms with Gasteiger partial charge < -0.3 is 9.52 Å². The van der Waals surface area contributed by atoms with Crippen LogP contribution in [0, 0.1) is 5.82 Å². The fourth-order valence-corrected chi connectivity index (χ4v) is 4.88. The summed E-state index contributed by atoms with van der Waals surface area (Å²) in [6.07, 6.45) is 0.384. The maximum absolute atomic E-state index is 13.4. The molecule has 30 heavy (non-hydrogen) atoms. The number of aliphatic hydroxyl groups is 1. The Balaban J connectivity index is 2.28. The first kappa shape index (κ1) is 22.5. The van der Waals surface area contributed by atoms with Crippen molar-refractivity contribution in [1.29, 1.82) is 0 Å². The lowest BCUT2D eigenvalue weighted by Crippen LogP contribution is -2.36. The van der Waals surface area contributed by atoms with Crippen LogP contribution in [0.4, 0.5) is 10.1 Å². The van der Waals surface area contributed by atoms with E-state index in [4.69, 9.17) is 4.42 Å². The highest BCUT2D eigenvalue weighted by Crippen LogP contribution is 2.40. The van der Waals surface area contributed by atoms with Crippen LogP contribution in [0.1, 0.15) is 30.6 Å². The van der Waals surface area contributed by atoms with Gasteiger partial charge in [-0.05, 0) is 53.2 Å². The number of hydrogen-bond acceptors (Lipinski definition) is 5. The second-order valence-corrected chi connectivity index (χ2v) is 9.79. The zero-order valence-corrected chi connectivity index (χ0v) is 19.0. The molecule has 2 aromatic carbocycles. The molecule has 0 fully saturated rings. The summed E-state index contributed by atoms with van der Waals surface area (Å²) in [6.45, 7) is 3.07. The molecule has 9 heteroatoms. The number of halogens is 2. The van der Waals surface area contributed by atoms with Crippen LogP contribution in [0.5, 0.6) is 0 Å². The standard InChI is InChI=1S/C21H21BrFNO5S/c1-4-18(26)20-15-9-16(22)17(24(11-12(2)25)30(3,27)28)10-19(15)29-21(20)13-5-7-14(23)8-6-13/h5-10,12,25H,4,11H2,1-3H3. The van der Waals surface area contributed by atoms with Crippen LogP contribution in [-0.4, -0.2) is 38.2 Å². The zero-order valence-electron chi connectivity index (χ0n) is 16.6. The Bertz CT molecular complexity index is 1200. The van der Waals surface area contributed by atoms with E-state index in [2.05, 4.69) is 15.9 Å². The van der Waals surface area contributed by atoms with Gasteiger partial charge in [0.1, 0.15) is 17.2 Å². The normalized spacial score (nSPS) is 12.9. The second-order valence-electron chi connectivity index (χ2n) is 7.03. The van der Waals surface area contributed by atoms with E-state index in [-0.39, 0.29) is 24.4 Å². The number of fused-ring (bicyclic) bond motifs is 1. The van der Waals surface area contributed by atoms with E-state index in [0.29, 0.717) is 32.3 Å². The zero-order chi connectivity index (χ0) is 22.2. The van der Waals surface area contributed by atoms with Crippen molar-refractivity contribution in [3.05, 3.63) is 52.3 Å². The first-order chi connectivity index (χ1) is 14.0. The molecule has 1 N–H and O–H groups in total. The number of rotatable bonds is 7. The summed E-state index contributed by atoms with van der Waals surface area (Å²) in [7, 11) is -3.69. The minimum atomic E-state index is -3.69. The van der Waals surface area contributed by atoms with Crippen LogP contribution in [0.15, 0.2) is 45.3 Å². The van der Waals surface area contributed by atoms with Crippen molar-refractivity contribution in [3.63, 3.8) is 0 Å². The van der Waals surface area contributed by atoms with Crippen LogP contribution in [0.25, 0.3) is 22.3 Å². The molecule has 6 nitrogen and oxygen atoms in total.